The van der Waals surface area contributed by atoms with Gasteiger partial charge in [0.15, 0.2) is 0 Å². The van der Waals surface area contributed by atoms with Gasteiger partial charge >= 0.3 is 6.03 Å². The Kier molecular flexibility index (Phi) is 9.28. The normalized spacial score (nSPS) is 10.6. The van der Waals surface area contributed by atoms with Gasteiger partial charge < -0.3 is 19.5 Å². The summed E-state index contributed by atoms with van der Waals surface area (Å²) in [4.78, 5) is 28.9. The number of unbranched alkanes of at least 4 members (excludes halogenated alkanes) is 1. The van der Waals surface area contributed by atoms with Crippen LogP contribution in [0.5, 0.6) is 0 Å². The van der Waals surface area contributed by atoms with Gasteiger partial charge in [-0.25, -0.2) is 4.79 Å². The fraction of sp³-hybridized carbons (Fsp3) is 0.478. The molecule has 1 aromatic carbocycles. The first kappa shape index (κ1) is 22.5. The maximum Gasteiger partial charge on any atom is 0.317 e. The van der Waals surface area contributed by atoms with Crippen LogP contribution in [0.3, 0.4) is 0 Å². The summed E-state index contributed by atoms with van der Waals surface area (Å²) in [6.45, 7) is 7.99. The van der Waals surface area contributed by atoms with Crippen molar-refractivity contribution in [3.8, 4) is 0 Å². The van der Waals surface area contributed by atoms with Crippen molar-refractivity contribution in [1.82, 2.24) is 15.1 Å². The number of hydrogen-bond donors (Lipinski definition) is 1. The Morgan fingerprint density at radius 3 is 2.38 bits per heavy atom. The Morgan fingerprint density at radius 1 is 1.00 bits per heavy atom. The predicted molar refractivity (Wildman–Crippen MR) is 115 cm³/mol. The smallest absolute Gasteiger partial charge is 0.317 e. The molecule has 0 fully saturated rings. The molecule has 2 rings (SSSR count). The van der Waals surface area contributed by atoms with Crippen molar-refractivity contribution in [3.63, 3.8) is 0 Å². The number of carbonyl (C=O) groups is 2. The maximum atomic E-state index is 13.1. The SMILES string of the molecule is CCCCN(CC(=O)N(CCc1ccccc1)Cc1ccc(C)o1)C(=O)NCC. The lowest BCUT2D eigenvalue weighted by atomic mass is 10.1. The second-order valence-corrected chi connectivity index (χ2v) is 7.17. The number of aryl methyl sites for hydroxylation is 1. The van der Waals surface area contributed by atoms with Gasteiger partial charge in [-0.15, -0.1) is 0 Å². The molecular weight excluding hydrogens is 366 g/mol. The summed E-state index contributed by atoms with van der Waals surface area (Å²) in [6, 6.07) is 13.7. The van der Waals surface area contributed by atoms with Crippen LogP contribution in [-0.2, 0) is 17.8 Å². The van der Waals surface area contributed by atoms with Gasteiger partial charge in [-0.1, -0.05) is 43.7 Å². The monoisotopic (exact) mass is 399 g/mol. The van der Waals surface area contributed by atoms with Crippen molar-refractivity contribution < 1.29 is 14.0 Å². The van der Waals surface area contributed by atoms with Crippen molar-refractivity contribution in [2.75, 3.05) is 26.2 Å². The average Bonchev–Trinajstić information content (AvgIpc) is 3.13. The minimum atomic E-state index is -0.189. The molecule has 158 valence electrons. The van der Waals surface area contributed by atoms with E-state index in [4.69, 9.17) is 4.42 Å². The first-order chi connectivity index (χ1) is 14.0. The largest absolute Gasteiger partial charge is 0.464 e. The summed E-state index contributed by atoms with van der Waals surface area (Å²) in [5.74, 6) is 1.50. The van der Waals surface area contributed by atoms with E-state index in [1.54, 1.807) is 9.80 Å². The quantitative estimate of drug-likeness (QED) is 0.621. The third-order valence-corrected chi connectivity index (χ3v) is 4.73. The molecule has 0 saturated heterocycles. The van der Waals surface area contributed by atoms with Crippen LogP contribution in [-0.4, -0.2) is 47.9 Å². The van der Waals surface area contributed by atoms with Crippen LogP contribution >= 0.6 is 0 Å². The van der Waals surface area contributed by atoms with Gasteiger partial charge in [-0.3, -0.25) is 4.79 Å². The Morgan fingerprint density at radius 2 is 1.76 bits per heavy atom. The van der Waals surface area contributed by atoms with Crippen molar-refractivity contribution in [2.45, 2.75) is 46.6 Å². The van der Waals surface area contributed by atoms with Crippen LogP contribution in [0.1, 0.15) is 43.8 Å². The fourth-order valence-corrected chi connectivity index (χ4v) is 3.09. The molecule has 6 heteroatoms. The summed E-state index contributed by atoms with van der Waals surface area (Å²) < 4.78 is 5.69. The van der Waals surface area contributed by atoms with Crippen LogP contribution in [0.4, 0.5) is 4.79 Å². The Hall–Kier alpha value is -2.76. The molecular formula is C23H33N3O3. The first-order valence-corrected chi connectivity index (χ1v) is 10.4. The third kappa shape index (κ3) is 7.64. The molecule has 29 heavy (non-hydrogen) atoms. The number of benzene rings is 1. The van der Waals surface area contributed by atoms with Crippen molar-refractivity contribution in [1.29, 1.82) is 0 Å². The van der Waals surface area contributed by atoms with Gasteiger partial charge in [0.2, 0.25) is 5.91 Å². The molecule has 0 aliphatic heterocycles. The van der Waals surface area contributed by atoms with Crippen LogP contribution in [0.2, 0.25) is 0 Å². The van der Waals surface area contributed by atoms with E-state index in [1.807, 2.05) is 44.2 Å². The van der Waals surface area contributed by atoms with E-state index in [0.29, 0.717) is 26.2 Å². The zero-order valence-electron chi connectivity index (χ0n) is 17.8. The molecule has 6 nitrogen and oxygen atoms in total. The number of urea groups is 1. The lowest BCUT2D eigenvalue weighted by molar-refractivity contribution is -0.132. The maximum absolute atomic E-state index is 13.1. The highest BCUT2D eigenvalue weighted by atomic mass is 16.3. The van der Waals surface area contributed by atoms with Crippen LogP contribution in [0, 0.1) is 6.92 Å². The predicted octanol–water partition coefficient (Wildman–Crippen LogP) is 3.99. The molecule has 1 N–H and O–H groups in total. The number of carbonyl (C=O) groups excluding carboxylic acids is 2. The van der Waals surface area contributed by atoms with Gasteiger partial charge in [0.25, 0.3) is 0 Å². The minimum Gasteiger partial charge on any atom is -0.464 e. The molecule has 1 heterocycles. The first-order valence-electron chi connectivity index (χ1n) is 10.4. The second kappa shape index (κ2) is 11.9. The molecule has 0 aliphatic rings. The number of rotatable bonds is 11. The summed E-state index contributed by atoms with van der Waals surface area (Å²) in [5, 5.41) is 2.81. The highest BCUT2D eigenvalue weighted by Gasteiger charge is 2.21. The van der Waals surface area contributed by atoms with Gasteiger partial charge in [-0.05, 0) is 44.4 Å². The molecule has 1 aromatic heterocycles. The van der Waals surface area contributed by atoms with Crippen LogP contribution in [0.15, 0.2) is 46.9 Å². The topological polar surface area (TPSA) is 65.8 Å². The molecule has 0 atom stereocenters. The number of nitrogens with zero attached hydrogens (tertiary/aromatic N) is 2. The van der Waals surface area contributed by atoms with E-state index in [0.717, 1.165) is 30.8 Å². The second-order valence-electron chi connectivity index (χ2n) is 7.17. The minimum absolute atomic E-state index is 0.0698. The Balaban J connectivity index is 2.09. The van der Waals surface area contributed by atoms with Gasteiger partial charge in [0.1, 0.15) is 18.1 Å². The van der Waals surface area contributed by atoms with Crippen LogP contribution in [0.25, 0.3) is 0 Å². The number of amides is 3. The van der Waals surface area contributed by atoms with Crippen molar-refractivity contribution in [2.24, 2.45) is 0 Å². The lowest BCUT2D eigenvalue weighted by Crippen LogP contribution is -2.47. The summed E-state index contributed by atoms with van der Waals surface area (Å²) in [7, 11) is 0. The van der Waals surface area contributed by atoms with E-state index in [-0.39, 0.29) is 18.5 Å². The molecule has 0 spiro atoms. The zero-order valence-corrected chi connectivity index (χ0v) is 17.8. The number of nitrogens with one attached hydrogen (secondary N) is 1. The van der Waals surface area contributed by atoms with E-state index < -0.39 is 0 Å². The number of hydrogen-bond acceptors (Lipinski definition) is 3. The molecule has 3 amide bonds. The third-order valence-electron chi connectivity index (χ3n) is 4.73. The van der Waals surface area contributed by atoms with Gasteiger partial charge in [-0.2, -0.15) is 0 Å². The fourth-order valence-electron chi connectivity index (χ4n) is 3.09. The summed E-state index contributed by atoms with van der Waals surface area (Å²) in [5.41, 5.74) is 1.17. The molecule has 0 radical (unpaired) electrons. The molecule has 0 unspecified atom stereocenters. The molecule has 0 bridgehead atoms. The highest BCUT2D eigenvalue weighted by molar-refractivity contribution is 5.84. The lowest BCUT2D eigenvalue weighted by Gasteiger charge is -2.27. The van der Waals surface area contributed by atoms with E-state index in [1.165, 1.54) is 5.56 Å². The van der Waals surface area contributed by atoms with E-state index >= 15 is 0 Å². The van der Waals surface area contributed by atoms with Gasteiger partial charge in [0, 0.05) is 19.6 Å². The number of furan rings is 1. The van der Waals surface area contributed by atoms with Crippen molar-refractivity contribution in [3.05, 3.63) is 59.5 Å². The zero-order chi connectivity index (χ0) is 21.1. The van der Waals surface area contributed by atoms with Gasteiger partial charge in [0.05, 0.1) is 6.54 Å². The summed E-state index contributed by atoms with van der Waals surface area (Å²) >= 11 is 0. The Labute approximate surface area is 173 Å². The highest BCUT2D eigenvalue weighted by Crippen LogP contribution is 2.12. The Bertz CT molecular complexity index is 758. The molecule has 0 aliphatic carbocycles. The summed E-state index contributed by atoms with van der Waals surface area (Å²) in [6.07, 6.45) is 2.59. The van der Waals surface area contributed by atoms with E-state index in [9.17, 15) is 9.59 Å². The molecule has 2 aromatic rings. The van der Waals surface area contributed by atoms with Crippen LogP contribution < -0.4 is 5.32 Å². The molecule has 0 saturated carbocycles. The van der Waals surface area contributed by atoms with Crippen molar-refractivity contribution >= 4 is 11.9 Å². The standard InChI is InChI=1S/C23H33N3O3/c1-4-6-15-26(23(28)24-5-2)18-22(27)25(17-21-13-12-19(3)29-21)16-14-20-10-8-7-9-11-20/h7-13H,4-6,14-18H2,1-3H3,(H,24,28). The van der Waals surface area contributed by atoms with E-state index in [2.05, 4.69) is 24.4 Å². The average molecular weight is 400 g/mol.